The predicted octanol–water partition coefficient (Wildman–Crippen LogP) is 2.17. The van der Waals surface area contributed by atoms with Gasteiger partial charge in [-0.15, -0.1) is 0 Å². The summed E-state index contributed by atoms with van der Waals surface area (Å²) >= 11 is 0. The summed E-state index contributed by atoms with van der Waals surface area (Å²) in [4.78, 5) is 11.0. The maximum absolute atomic E-state index is 5.57. The Morgan fingerprint density at radius 3 is 2.71 bits per heavy atom. The lowest BCUT2D eigenvalue weighted by atomic mass is 10.1. The second kappa shape index (κ2) is 7.45. The second-order valence-electron chi connectivity index (χ2n) is 5.37. The first-order valence-electron chi connectivity index (χ1n) is 7.61. The molecule has 1 atom stereocenters. The highest BCUT2D eigenvalue weighted by molar-refractivity contribution is 5.65. The average molecular weight is 294 g/mol. The summed E-state index contributed by atoms with van der Waals surface area (Å²) in [7, 11) is 3.39. The molecule has 0 radical (unpaired) electrons. The molecule has 1 aliphatic rings. The van der Waals surface area contributed by atoms with Crippen molar-refractivity contribution in [3.8, 4) is 5.75 Å². The molecule has 1 fully saturated rings. The molecular formula is C15H26N4O2. The second-order valence-corrected chi connectivity index (χ2v) is 5.37. The minimum absolute atomic E-state index is 0.429. The molecule has 1 aromatic heterocycles. The van der Waals surface area contributed by atoms with E-state index in [1.807, 2.05) is 6.92 Å². The van der Waals surface area contributed by atoms with Crippen LogP contribution in [0, 0.1) is 5.92 Å². The minimum atomic E-state index is 0.429. The number of rotatable bonds is 9. The fourth-order valence-electron chi connectivity index (χ4n) is 2.58. The molecule has 1 aliphatic carbocycles. The molecular weight excluding hydrogens is 268 g/mol. The van der Waals surface area contributed by atoms with E-state index >= 15 is 0 Å². The van der Waals surface area contributed by atoms with Crippen molar-refractivity contribution in [2.75, 3.05) is 44.1 Å². The molecule has 21 heavy (non-hydrogen) atoms. The van der Waals surface area contributed by atoms with Gasteiger partial charge in [0.05, 0.1) is 13.7 Å². The zero-order valence-corrected chi connectivity index (χ0v) is 13.4. The maximum atomic E-state index is 5.57. The van der Waals surface area contributed by atoms with Gasteiger partial charge in [0.1, 0.15) is 6.33 Å². The molecule has 0 saturated heterocycles. The van der Waals surface area contributed by atoms with Crippen LogP contribution in [0.25, 0.3) is 0 Å². The standard InChI is InChI=1S/C15H26N4O2/c1-5-16-14-13(21-4)15(18-10-17-14)19(8-9-20-3)11(2)12-6-7-12/h10-12H,5-9H2,1-4H3,(H,16,17,18). The lowest BCUT2D eigenvalue weighted by Crippen LogP contribution is -2.38. The molecule has 1 heterocycles. The van der Waals surface area contributed by atoms with Crippen molar-refractivity contribution in [2.45, 2.75) is 32.7 Å². The molecule has 1 saturated carbocycles. The molecule has 0 spiro atoms. The highest BCUT2D eigenvalue weighted by Crippen LogP contribution is 2.40. The Morgan fingerprint density at radius 1 is 1.38 bits per heavy atom. The van der Waals surface area contributed by atoms with Gasteiger partial charge in [0.15, 0.2) is 11.6 Å². The number of ether oxygens (including phenoxy) is 2. The van der Waals surface area contributed by atoms with Crippen molar-refractivity contribution >= 4 is 11.6 Å². The van der Waals surface area contributed by atoms with Crippen LogP contribution < -0.4 is 15.0 Å². The quantitative estimate of drug-likeness (QED) is 0.753. The van der Waals surface area contributed by atoms with Gasteiger partial charge in [0, 0.05) is 26.2 Å². The minimum Gasteiger partial charge on any atom is -0.490 e. The van der Waals surface area contributed by atoms with E-state index < -0.39 is 0 Å². The van der Waals surface area contributed by atoms with Crippen molar-refractivity contribution in [3.63, 3.8) is 0 Å². The summed E-state index contributed by atoms with van der Waals surface area (Å²) < 4.78 is 10.8. The Bertz CT molecular complexity index is 451. The van der Waals surface area contributed by atoms with Crippen LogP contribution in [0.3, 0.4) is 0 Å². The van der Waals surface area contributed by atoms with Crippen LogP contribution in [0.2, 0.25) is 0 Å². The monoisotopic (exact) mass is 294 g/mol. The highest BCUT2D eigenvalue weighted by atomic mass is 16.5. The molecule has 6 nitrogen and oxygen atoms in total. The number of hydrogen-bond donors (Lipinski definition) is 1. The van der Waals surface area contributed by atoms with Gasteiger partial charge in [-0.2, -0.15) is 0 Å². The number of anilines is 2. The summed E-state index contributed by atoms with van der Waals surface area (Å²) in [5.74, 6) is 3.04. The summed E-state index contributed by atoms with van der Waals surface area (Å²) in [6.45, 7) is 6.55. The lowest BCUT2D eigenvalue weighted by Gasteiger charge is -2.31. The van der Waals surface area contributed by atoms with Crippen LogP contribution in [0.1, 0.15) is 26.7 Å². The molecule has 118 valence electrons. The van der Waals surface area contributed by atoms with Crippen LogP contribution in [0.4, 0.5) is 11.6 Å². The van der Waals surface area contributed by atoms with E-state index in [0.717, 1.165) is 30.6 Å². The zero-order chi connectivity index (χ0) is 15.2. The van der Waals surface area contributed by atoms with Crippen molar-refractivity contribution in [3.05, 3.63) is 6.33 Å². The van der Waals surface area contributed by atoms with Crippen LogP contribution in [-0.2, 0) is 4.74 Å². The Kier molecular flexibility index (Phi) is 5.61. The molecule has 1 aromatic rings. The molecule has 2 rings (SSSR count). The van der Waals surface area contributed by atoms with Gasteiger partial charge in [-0.1, -0.05) is 0 Å². The van der Waals surface area contributed by atoms with E-state index in [1.165, 1.54) is 12.8 Å². The number of hydrogen-bond acceptors (Lipinski definition) is 6. The first kappa shape index (κ1) is 15.8. The molecule has 1 unspecified atom stereocenters. The van der Waals surface area contributed by atoms with E-state index in [4.69, 9.17) is 9.47 Å². The van der Waals surface area contributed by atoms with Gasteiger partial charge in [0.2, 0.25) is 5.75 Å². The Morgan fingerprint density at radius 2 is 2.14 bits per heavy atom. The van der Waals surface area contributed by atoms with Crippen LogP contribution in [0.5, 0.6) is 5.75 Å². The van der Waals surface area contributed by atoms with E-state index in [1.54, 1.807) is 20.5 Å². The number of aromatic nitrogens is 2. The van der Waals surface area contributed by atoms with Gasteiger partial charge in [-0.3, -0.25) is 0 Å². The topological polar surface area (TPSA) is 59.5 Å². The van der Waals surface area contributed by atoms with E-state index in [2.05, 4.69) is 27.1 Å². The van der Waals surface area contributed by atoms with Crippen molar-refractivity contribution in [2.24, 2.45) is 5.92 Å². The summed E-state index contributed by atoms with van der Waals surface area (Å²) in [5.41, 5.74) is 0. The van der Waals surface area contributed by atoms with Crippen molar-refractivity contribution < 1.29 is 9.47 Å². The van der Waals surface area contributed by atoms with E-state index in [9.17, 15) is 0 Å². The first-order valence-corrected chi connectivity index (χ1v) is 7.61. The van der Waals surface area contributed by atoms with Crippen molar-refractivity contribution in [1.82, 2.24) is 9.97 Å². The molecule has 1 N–H and O–H groups in total. The Hall–Kier alpha value is -1.56. The first-order chi connectivity index (χ1) is 10.2. The van der Waals surface area contributed by atoms with Gasteiger partial charge in [0.25, 0.3) is 0 Å². The summed E-state index contributed by atoms with van der Waals surface area (Å²) in [5, 5.41) is 3.23. The predicted molar refractivity (Wildman–Crippen MR) is 84.2 cm³/mol. The van der Waals surface area contributed by atoms with E-state index in [-0.39, 0.29) is 0 Å². The number of methoxy groups -OCH3 is 2. The SMILES string of the molecule is CCNc1ncnc(N(CCOC)C(C)C2CC2)c1OC. The number of nitrogens with one attached hydrogen (secondary N) is 1. The summed E-state index contributed by atoms with van der Waals surface area (Å²) in [6.07, 6.45) is 4.17. The fourth-order valence-corrected chi connectivity index (χ4v) is 2.58. The average Bonchev–Trinajstić information content (AvgIpc) is 3.32. The fraction of sp³-hybridized carbons (Fsp3) is 0.733. The third-order valence-corrected chi connectivity index (χ3v) is 3.94. The van der Waals surface area contributed by atoms with E-state index in [0.29, 0.717) is 18.4 Å². The molecule has 6 heteroatoms. The molecule has 0 aliphatic heterocycles. The third-order valence-electron chi connectivity index (χ3n) is 3.94. The lowest BCUT2D eigenvalue weighted by molar-refractivity contribution is 0.202. The van der Waals surface area contributed by atoms with Crippen LogP contribution >= 0.6 is 0 Å². The molecule has 0 bridgehead atoms. The largest absolute Gasteiger partial charge is 0.490 e. The van der Waals surface area contributed by atoms with Crippen LogP contribution in [0.15, 0.2) is 6.33 Å². The zero-order valence-electron chi connectivity index (χ0n) is 13.4. The van der Waals surface area contributed by atoms with Gasteiger partial charge in [-0.05, 0) is 32.6 Å². The van der Waals surface area contributed by atoms with Gasteiger partial charge < -0.3 is 19.7 Å². The Labute approximate surface area is 126 Å². The third kappa shape index (κ3) is 3.75. The van der Waals surface area contributed by atoms with Gasteiger partial charge in [-0.25, -0.2) is 9.97 Å². The normalized spacial score (nSPS) is 15.6. The molecule has 0 aromatic carbocycles. The Balaban J connectivity index is 2.30. The van der Waals surface area contributed by atoms with Gasteiger partial charge >= 0.3 is 0 Å². The highest BCUT2D eigenvalue weighted by Gasteiger charge is 2.34. The summed E-state index contributed by atoms with van der Waals surface area (Å²) in [6, 6.07) is 0.429. The smallest absolute Gasteiger partial charge is 0.204 e. The van der Waals surface area contributed by atoms with Crippen molar-refractivity contribution in [1.29, 1.82) is 0 Å². The molecule has 0 amide bonds. The van der Waals surface area contributed by atoms with Crippen LogP contribution in [-0.4, -0.2) is 49.9 Å². The maximum Gasteiger partial charge on any atom is 0.204 e. The number of nitrogens with zero attached hydrogens (tertiary/aromatic N) is 3.